The third kappa shape index (κ3) is 41.5. The van der Waals surface area contributed by atoms with Crippen molar-refractivity contribution in [2.75, 3.05) is 13.2 Å². The first-order valence-corrected chi connectivity index (χ1v) is 22.3. The minimum Gasteiger partial charge on any atom is -0.462 e. The van der Waals surface area contributed by atoms with Crippen molar-refractivity contribution in [1.82, 2.24) is 0 Å². The van der Waals surface area contributed by atoms with E-state index in [2.05, 4.69) is 99.8 Å². The molecule has 6 heteroatoms. The van der Waals surface area contributed by atoms with Crippen LogP contribution in [0.2, 0.25) is 0 Å². The van der Waals surface area contributed by atoms with Crippen molar-refractivity contribution >= 4 is 17.9 Å². The van der Waals surface area contributed by atoms with Gasteiger partial charge in [-0.15, -0.1) is 0 Å². The van der Waals surface area contributed by atoms with Crippen LogP contribution in [0.25, 0.3) is 0 Å². The van der Waals surface area contributed by atoms with E-state index >= 15 is 0 Å². The fourth-order valence-electron chi connectivity index (χ4n) is 5.61. The lowest BCUT2D eigenvalue weighted by Crippen LogP contribution is -2.30. The van der Waals surface area contributed by atoms with Crippen molar-refractivity contribution < 1.29 is 28.6 Å². The Morgan fingerprint density at radius 3 is 1.36 bits per heavy atom. The normalized spacial score (nSPS) is 13.0. The summed E-state index contributed by atoms with van der Waals surface area (Å²) in [5.41, 5.74) is 0. The molecule has 0 aromatic rings. The van der Waals surface area contributed by atoms with Crippen molar-refractivity contribution in [3.05, 3.63) is 97.2 Å². The van der Waals surface area contributed by atoms with Gasteiger partial charge >= 0.3 is 17.9 Å². The van der Waals surface area contributed by atoms with Crippen LogP contribution in [0.1, 0.15) is 181 Å². The van der Waals surface area contributed by atoms with Gasteiger partial charge in [0.2, 0.25) is 0 Å². The van der Waals surface area contributed by atoms with Crippen LogP contribution in [0.3, 0.4) is 0 Å². The second-order valence-electron chi connectivity index (χ2n) is 14.3. The van der Waals surface area contributed by atoms with Crippen molar-refractivity contribution in [3.8, 4) is 0 Å². The van der Waals surface area contributed by atoms with Gasteiger partial charge in [0, 0.05) is 19.3 Å². The van der Waals surface area contributed by atoms with Crippen LogP contribution < -0.4 is 0 Å². The Hall–Kier alpha value is -3.67. The molecular formula is C50H80O6. The van der Waals surface area contributed by atoms with Gasteiger partial charge in [0.05, 0.1) is 0 Å². The van der Waals surface area contributed by atoms with Crippen LogP contribution in [0, 0.1) is 0 Å². The van der Waals surface area contributed by atoms with E-state index in [1.807, 2.05) is 18.2 Å². The Kier molecular flexibility index (Phi) is 41.2. The average Bonchev–Trinajstić information content (AvgIpc) is 3.19. The van der Waals surface area contributed by atoms with E-state index in [0.717, 1.165) is 96.3 Å². The molecule has 0 aromatic carbocycles. The van der Waals surface area contributed by atoms with E-state index in [0.29, 0.717) is 12.8 Å². The molecule has 6 nitrogen and oxygen atoms in total. The second kappa shape index (κ2) is 44.0. The van der Waals surface area contributed by atoms with E-state index in [-0.39, 0.29) is 44.0 Å². The summed E-state index contributed by atoms with van der Waals surface area (Å²) in [6.07, 6.45) is 56.9. The van der Waals surface area contributed by atoms with E-state index in [1.54, 1.807) is 0 Å². The number of hydrogen-bond donors (Lipinski definition) is 0. The van der Waals surface area contributed by atoms with Crippen molar-refractivity contribution in [3.63, 3.8) is 0 Å². The topological polar surface area (TPSA) is 78.9 Å². The smallest absolute Gasteiger partial charge is 0.306 e. The Balaban J connectivity index is 4.53. The quantitative estimate of drug-likeness (QED) is 0.0204. The summed E-state index contributed by atoms with van der Waals surface area (Å²) in [4.78, 5) is 37.6. The highest BCUT2D eigenvalue weighted by atomic mass is 16.6. The largest absolute Gasteiger partial charge is 0.462 e. The van der Waals surface area contributed by atoms with Crippen molar-refractivity contribution in [2.45, 2.75) is 187 Å². The number of carbonyl (C=O) groups excluding carboxylic acids is 3. The maximum absolute atomic E-state index is 12.7. The number of esters is 3. The van der Waals surface area contributed by atoms with E-state index in [1.165, 1.54) is 38.5 Å². The molecule has 0 amide bonds. The van der Waals surface area contributed by atoms with Gasteiger partial charge in [0.25, 0.3) is 0 Å². The number of carbonyl (C=O) groups is 3. The molecule has 0 aliphatic carbocycles. The third-order valence-corrected chi connectivity index (χ3v) is 8.91. The molecule has 0 spiro atoms. The molecule has 0 saturated carbocycles. The van der Waals surface area contributed by atoms with Gasteiger partial charge in [-0.2, -0.15) is 0 Å². The maximum atomic E-state index is 12.7. The molecule has 0 heterocycles. The van der Waals surface area contributed by atoms with Gasteiger partial charge in [-0.3, -0.25) is 14.4 Å². The van der Waals surface area contributed by atoms with E-state index in [9.17, 15) is 14.4 Å². The summed E-state index contributed by atoms with van der Waals surface area (Å²) in [6.45, 7) is 6.25. The molecule has 0 fully saturated rings. The van der Waals surface area contributed by atoms with Gasteiger partial charge in [-0.05, 0) is 70.6 Å². The highest BCUT2D eigenvalue weighted by Gasteiger charge is 2.19. The number of hydrogen-bond acceptors (Lipinski definition) is 6. The summed E-state index contributed by atoms with van der Waals surface area (Å²) in [5.74, 6) is -1.03. The summed E-state index contributed by atoms with van der Waals surface area (Å²) < 4.78 is 16.6. The number of allylic oxidation sites excluding steroid dienone is 16. The Morgan fingerprint density at radius 2 is 0.821 bits per heavy atom. The van der Waals surface area contributed by atoms with Gasteiger partial charge in [-0.25, -0.2) is 0 Å². The average molecular weight is 777 g/mol. The number of ether oxygens (including phenoxy) is 3. The molecule has 316 valence electrons. The van der Waals surface area contributed by atoms with Crippen LogP contribution >= 0.6 is 0 Å². The van der Waals surface area contributed by atoms with E-state index < -0.39 is 6.10 Å². The fraction of sp³-hybridized carbons (Fsp3) is 0.620. The standard InChI is InChI=1S/C50H80O6/c1-4-7-10-13-16-19-21-23-24-25-27-28-31-34-37-40-43-49(52)55-46-47(45-54-48(51)42-39-36-33-30-18-15-12-9-6-3)56-50(53)44-41-38-35-32-29-26-22-20-17-14-11-8-5-2/h7-8,10-11,14,16-17,19-20,22-24,27-28,34,37,47H,4-6,9,12-13,15,18,21,25-26,29-33,35-36,38-46H2,1-3H3/b10-7-,11-8-,17-14-,19-16-,22-20-,24-23-,28-27-,37-34-. The lowest BCUT2D eigenvalue weighted by Gasteiger charge is -2.18. The molecule has 0 N–H and O–H groups in total. The van der Waals surface area contributed by atoms with Crippen LogP contribution in [0.15, 0.2) is 97.2 Å². The predicted molar refractivity (Wildman–Crippen MR) is 237 cm³/mol. The molecule has 0 rings (SSSR count). The first-order valence-electron chi connectivity index (χ1n) is 22.3. The van der Waals surface area contributed by atoms with Gasteiger partial charge in [0.1, 0.15) is 13.2 Å². The summed E-state index contributed by atoms with van der Waals surface area (Å²) in [6, 6.07) is 0. The minimum absolute atomic E-state index is 0.109. The molecule has 56 heavy (non-hydrogen) atoms. The van der Waals surface area contributed by atoms with Crippen molar-refractivity contribution in [2.24, 2.45) is 0 Å². The van der Waals surface area contributed by atoms with Gasteiger partial charge in [0.15, 0.2) is 6.10 Å². The predicted octanol–water partition coefficient (Wildman–Crippen LogP) is 14.2. The number of unbranched alkanes of at least 4 members (excludes halogenated alkanes) is 13. The van der Waals surface area contributed by atoms with Crippen molar-refractivity contribution in [1.29, 1.82) is 0 Å². The molecule has 1 unspecified atom stereocenters. The Morgan fingerprint density at radius 1 is 0.393 bits per heavy atom. The summed E-state index contributed by atoms with van der Waals surface area (Å²) >= 11 is 0. The molecule has 0 aliphatic rings. The monoisotopic (exact) mass is 777 g/mol. The zero-order valence-corrected chi connectivity index (χ0v) is 35.9. The number of rotatable bonds is 38. The molecule has 0 saturated heterocycles. The molecule has 0 radical (unpaired) electrons. The van der Waals surface area contributed by atoms with Crippen LogP contribution in [0.5, 0.6) is 0 Å². The lowest BCUT2D eigenvalue weighted by molar-refractivity contribution is -0.166. The van der Waals surface area contributed by atoms with Crippen LogP contribution in [0.4, 0.5) is 0 Å². The van der Waals surface area contributed by atoms with E-state index in [4.69, 9.17) is 14.2 Å². The van der Waals surface area contributed by atoms with Crippen LogP contribution in [-0.4, -0.2) is 37.2 Å². The fourth-order valence-corrected chi connectivity index (χ4v) is 5.61. The maximum Gasteiger partial charge on any atom is 0.306 e. The molecule has 0 aromatic heterocycles. The Labute approximate surface area is 343 Å². The molecule has 0 aliphatic heterocycles. The third-order valence-electron chi connectivity index (χ3n) is 8.91. The minimum atomic E-state index is -0.814. The highest BCUT2D eigenvalue weighted by Crippen LogP contribution is 2.12. The lowest BCUT2D eigenvalue weighted by atomic mass is 10.1. The SMILES string of the molecule is CC\C=C/C=C\C=C/CCCCCCCC(=O)OC(COC(=O)CC/C=C\C/C=C\C/C=C\C/C=C\C/C=C\CC)COC(=O)CCCCCCCCCCC. The highest BCUT2D eigenvalue weighted by molar-refractivity contribution is 5.71. The zero-order chi connectivity index (χ0) is 40.8. The van der Waals surface area contributed by atoms with Gasteiger partial charge in [-0.1, -0.05) is 189 Å². The second-order valence-corrected chi connectivity index (χ2v) is 14.3. The molecule has 0 bridgehead atoms. The molecule has 1 atom stereocenters. The van der Waals surface area contributed by atoms with Gasteiger partial charge < -0.3 is 14.2 Å². The Bertz CT molecular complexity index is 1170. The zero-order valence-electron chi connectivity index (χ0n) is 35.9. The summed E-state index contributed by atoms with van der Waals surface area (Å²) in [5, 5.41) is 0. The molecular weight excluding hydrogens is 697 g/mol. The first-order chi connectivity index (χ1) is 27.5. The first kappa shape index (κ1) is 52.3. The summed E-state index contributed by atoms with van der Waals surface area (Å²) in [7, 11) is 0. The van der Waals surface area contributed by atoms with Crippen LogP contribution in [-0.2, 0) is 28.6 Å².